The first-order valence-electron chi connectivity index (χ1n) is 7.53. The molecule has 6 heteroatoms. The second-order valence-electron chi connectivity index (χ2n) is 5.35. The summed E-state index contributed by atoms with van der Waals surface area (Å²) >= 11 is 0. The lowest BCUT2D eigenvalue weighted by molar-refractivity contribution is -0.119. The number of nitrogens with one attached hydrogen (secondary N) is 1. The topological polar surface area (TPSA) is 65.5 Å². The number of para-hydroxylation sites is 1. The molecule has 0 spiro atoms. The van der Waals surface area contributed by atoms with Crippen LogP contribution >= 0.6 is 0 Å². The molecule has 3 rings (SSSR count). The Morgan fingerprint density at radius 3 is 2.48 bits per heavy atom. The first-order chi connectivity index (χ1) is 11.3. The van der Waals surface area contributed by atoms with E-state index < -0.39 is 0 Å². The van der Waals surface area contributed by atoms with Gasteiger partial charge in [0, 0.05) is 43.8 Å². The number of amides is 2. The molecule has 0 aliphatic carbocycles. The molecule has 1 aromatic carbocycles. The molecule has 0 unspecified atom stereocenters. The Hall–Kier alpha value is -2.89. The number of carbonyl (C=O) groups excluding carboxylic acids is 2. The monoisotopic (exact) mass is 310 g/mol. The fraction of sp³-hybridized carbons (Fsp3) is 0.235. The molecule has 2 aromatic rings. The highest BCUT2D eigenvalue weighted by molar-refractivity contribution is 5.93. The van der Waals surface area contributed by atoms with Gasteiger partial charge in [-0.1, -0.05) is 18.2 Å². The number of aromatic nitrogens is 1. The zero-order valence-corrected chi connectivity index (χ0v) is 12.7. The minimum absolute atomic E-state index is 0.104. The number of rotatable bonds is 4. The van der Waals surface area contributed by atoms with Crippen LogP contribution in [0.2, 0.25) is 0 Å². The Morgan fingerprint density at radius 1 is 1.04 bits per heavy atom. The third kappa shape index (κ3) is 3.66. The van der Waals surface area contributed by atoms with Gasteiger partial charge in [0.1, 0.15) is 5.69 Å². The predicted molar refractivity (Wildman–Crippen MR) is 87.5 cm³/mol. The summed E-state index contributed by atoms with van der Waals surface area (Å²) in [4.78, 5) is 30.8. The summed E-state index contributed by atoms with van der Waals surface area (Å²) < 4.78 is 0. The molecular formula is C17H18N4O2. The standard InChI is InChI=1S/C17H18N4O2/c22-13-20-8-10-21(11-9-20)17(23)16-12-15(6-7-18-16)19-14-4-2-1-3-5-14/h1-7,12-13H,8-11H2,(H,18,19). The number of pyridine rings is 1. The Morgan fingerprint density at radius 2 is 1.78 bits per heavy atom. The van der Waals surface area contributed by atoms with Crippen molar-refractivity contribution >= 4 is 23.7 Å². The highest BCUT2D eigenvalue weighted by atomic mass is 16.2. The van der Waals surface area contributed by atoms with Gasteiger partial charge in [-0.25, -0.2) is 0 Å². The van der Waals surface area contributed by atoms with Gasteiger partial charge in [-0.2, -0.15) is 0 Å². The quantitative estimate of drug-likeness (QED) is 0.874. The van der Waals surface area contributed by atoms with Crippen LogP contribution < -0.4 is 5.32 Å². The molecule has 1 aromatic heterocycles. The Labute approximate surface area is 134 Å². The van der Waals surface area contributed by atoms with Crippen molar-refractivity contribution in [1.82, 2.24) is 14.8 Å². The second kappa shape index (κ2) is 6.91. The minimum atomic E-state index is -0.104. The van der Waals surface area contributed by atoms with E-state index in [1.54, 1.807) is 22.1 Å². The van der Waals surface area contributed by atoms with Crippen LogP contribution in [0.15, 0.2) is 48.7 Å². The van der Waals surface area contributed by atoms with E-state index in [9.17, 15) is 9.59 Å². The molecule has 0 saturated carbocycles. The molecule has 1 N–H and O–H groups in total. The van der Waals surface area contributed by atoms with E-state index in [1.165, 1.54) is 0 Å². The minimum Gasteiger partial charge on any atom is -0.355 e. The van der Waals surface area contributed by atoms with E-state index >= 15 is 0 Å². The molecule has 0 bridgehead atoms. The molecular weight excluding hydrogens is 292 g/mol. The molecule has 0 radical (unpaired) electrons. The number of nitrogens with zero attached hydrogens (tertiary/aromatic N) is 3. The second-order valence-corrected chi connectivity index (χ2v) is 5.35. The van der Waals surface area contributed by atoms with Crippen molar-refractivity contribution in [3.05, 3.63) is 54.4 Å². The van der Waals surface area contributed by atoms with Gasteiger partial charge in [0.05, 0.1) is 0 Å². The number of hydrogen-bond donors (Lipinski definition) is 1. The maximum Gasteiger partial charge on any atom is 0.272 e. The van der Waals surface area contributed by atoms with Crippen LogP contribution in [0.1, 0.15) is 10.5 Å². The summed E-state index contributed by atoms with van der Waals surface area (Å²) in [5.74, 6) is -0.104. The summed E-state index contributed by atoms with van der Waals surface area (Å²) in [6.45, 7) is 2.21. The van der Waals surface area contributed by atoms with Crippen LogP contribution in [0.25, 0.3) is 0 Å². The van der Waals surface area contributed by atoms with Crippen molar-refractivity contribution in [3.63, 3.8) is 0 Å². The summed E-state index contributed by atoms with van der Waals surface area (Å²) in [7, 11) is 0. The molecule has 1 aliphatic rings. The van der Waals surface area contributed by atoms with Gasteiger partial charge in [-0.15, -0.1) is 0 Å². The normalized spacial score (nSPS) is 14.4. The van der Waals surface area contributed by atoms with Gasteiger partial charge in [0.2, 0.25) is 6.41 Å². The van der Waals surface area contributed by atoms with Crippen molar-refractivity contribution in [3.8, 4) is 0 Å². The maximum atomic E-state index is 12.5. The Bertz CT molecular complexity index is 682. The van der Waals surface area contributed by atoms with Crippen LogP contribution in [0.3, 0.4) is 0 Å². The van der Waals surface area contributed by atoms with Crippen LogP contribution in [0, 0.1) is 0 Å². The van der Waals surface area contributed by atoms with Crippen molar-refractivity contribution in [2.45, 2.75) is 0 Å². The molecule has 23 heavy (non-hydrogen) atoms. The Balaban J connectivity index is 1.69. The smallest absolute Gasteiger partial charge is 0.272 e. The molecule has 118 valence electrons. The number of anilines is 2. The average molecular weight is 310 g/mol. The van der Waals surface area contributed by atoms with Crippen LogP contribution in [0.5, 0.6) is 0 Å². The summed E-state index contributed by atoms with van der Waals surface area (Å²) in [6, 6.07) is 13.3. The van der Waals surface area contributed by atoms with E-state index in [0.29, 0.717) is 31.9 Å². The molecule has 1 aliphatic heterocycles. The highest BCUT2D eigenvalue weighted by Gasteiger charge is 2.22. The summed E-state index contributed by atoms with van der Waals surface area (Å²) in [5.41, 5.74) is 2.18. The van der Waals surface area contributed by atoms with E-state index in [-0.39, 0.29) is 5.91 Å². The molecule has 2 amide bonds. The SMILES string of the molecule is O=CN1CCN(C(=O)c2cc(Nc3ccccc3)ccn2)CC1. The van der Waals surface area contributed by atoms with Crippen molar-refractivity contribution < 1.29 is 9.59 Å². The van der Waals surface area contributed by atoms with E-state index in [1.807, 2.05) is 36.4 Å². The highest BCUT2D eigenvalue weighted by Crippen LogP contribution is 2.17. The van der Waals surface area contributed by atoms with Crippen LogP contribution in [-0.2, 0) is 4.79 Å². The molecule has 1 saturated heterocycles. The predicted octanol–water partition coefficient (Wildman–Crippen LogP) is 1.74. The fourth-order valence-electron chi connectivity index (χ4n) is 2.51. The number of carbonyl (C=O) groups is 2. The molecule has 6 nitrogen and oxygen atoms in total. The van der Waals surface area contributed by atoms with Gasteiger partial charge in [0.15, 0.2) is 0 Å². The lowest BCUT2D eigenvalue weighted by Crippen LogP contribution is -2.48. The van der Waals surface area contributed by atoms with Gasteiger partial charge in [-0.3, -0.25) is 14.6 Å². The maximum absolute atomic E-state index is 12.5. The number of piperazine rings is 1. The number of hydrogen-bond acceptors (Lipinski definition) is 4. The summed E-state index contributed by atoms with van der Waals surface area (Å²) in [5, 5.41) is 3.25. The van der Waals surface area contributed by atoms with E-state index in [0.717, 1.165) is 17.8 Å². The van der Waals surface area contributed by atoms with Crippen LogP contribution in [-0.4, -0.2) is 53.3 Å². The molecule has 1 fully saturated rings. The first kappa shape index (κ1) is 15.0. The van der Waals surface area contributed by atoms with Crippen molar-refractivity contribution in [2.24, 2.45) is 0 Å². The third-order valence-corrected chi connectivity index (χ3v) is 3.79. The van der Waals surface area contributed by atoms with E-state index in [4.69, 9.17) is 0 Å². The third-order valence-electron chi connectivity index (χ3n) is 3.79. The Kier molecular flexibility index (Phi) is 4.52. The number of benzene rings is 1. The fourth-order valence-corrected chi connectivity index (χ4v) is 2.51. The van der Waals surface area contributed by atoms with Gasteiger partial charge < -0.3 is 15.1 Å². The zero-order valence-electron chi connectivity index (χ0n) is 12.7. The summed E-state index contributed by atoms with van der Waals surface area (Å²) in [6.07, 6.45) is 2.45. The molecule has 2 heterocycles. The van der Waals surface area contributed by atoms with Crippen molar-refractivity contribution in [1.29, 1.82) is 0 Å². The largest absolute Gasteiger partial charge is 0.355 e. The average Bonchev–Trinajstić information content (AvgIpc) is 2.62. The van der Waals surface area contributed by atoms with Gasteiger partial charge in [-0.05, 0) is 24.3 Å². The first-order valence-corrected chi connectivity index (χ1v) is 7.53. The zero-order chi connectivity index (χ0) is 16.1. The van der Waals surface area contributed by atoms with Gasteiger partial charge in [0.25, 0.3) is 5.91 Å². The van der Waals surface area contributed by atoms with Crippen molar-refractivity contribution in [2.75, 3.05) is 31.5 Å². The van der Waals surface area contributed by atoms with Crippen LogP contribution in [0.4, 0.5) is 11.4 Å². The lowest BCUT2D eigenvalue weighted by atomic mass is 10.2. The molecule has 0 atom stereocenters. The lowest BCUT2D eigenvalue weighted by Gasteiger charge is -2.32. The van der Waals surface area contributed by atoms with E-state index in [2.05, 4.69) is 10.3 Å². The van der Waals surface area contributed by atoms with Gasteiger partial charge >= 0.3 is 0 Å².